The molecule has 0 spiro atoms. The Balaban J connectivity index is 1.44. The summed E-state index contributed by atoms with van der Waals surface area (Å²) in [6, 6.07) is 8.62. The molecule has 6 rings (SSSR count). The van der Waals surface area contributed by atoms with Crippen molar-refractivity contribution in [2.45, 2.75) is 31.9 Å². The van der Waals surface area contributed by atoms with E-state index in [9.17, 15) is 37.5 Å². The van der Waals surface area contributed by atoms with Gasteiger partial charge in [0.1, 0.15) is 18.1 Å². The Morgan fingerprint density at radius 2 is 1.82 bits per heavy atom. The molecule has 4 atom stereocenters. The van der Waals surface area contributed by atoms with Gasteiger partial charge in [-0.15, -0.1) is 0 Å². The molecule has 1 aromatic heterocycles. The molecule has 0 saturated carbocycles. The first-order chi connectivity index (χ1) is 21.3. The average molecular weight is 642 g/mol. The number of para-hydroxylation sites is 1. The standard InChI is InChI=1S/C32H27ClF3N3O6/c1-15-13-22(41)27-20(28(15)42)14-19-16(25(27)17-5-3-4-6-23(17)45-12-11-40)7-8-18-26(19)31(44)39(30(18)43)38(2)29-21(33)9-10-24(37-29)32(34,35)36/h3-7,9-10,13,18-19,25-26,40H,8,11-12,14H2,1-2H3. The molecule has 1 aliphatic heterocycles. The van der Waals surface area contributed by atoms with Crippen molar-refractivity contribution in [3.05, 3.63) is 87.1 Å². The lowest BCUT2D eigenvalue weighted by Gasteiger charge is -2.42. The summed E-state index contributed by atoms with van der Waals surface area (Å²) in [4.78, 5) is 58.5. The first-order valence-corrected chi connectivity index (χ1v) is 14.6. The smallest absolute Gasteiger partial charge is 0.433 e. The molecule has 234 valence electrons. The summed E-state index contributed by atoms with van der Waals surface area (Å²) in [7, 11) is 1.24. The number of ether oxygens (including phenoxy) is 1. The molecule has 3 aliphatic carbocycles. The van der Waals surface area contributed by atoms with E-state index in [0.29, 0.717) is 23.0 Å². The Morgan fingerprint density at radius 1 is 1.09 bits per heavy atom. The van der Waals surface area contributed by atoms with E-state index < -0.39 is 53.2 Å². The molecule has 45 heavy (non-hydrogen) atoms. The second kappa shape index (κ2) is 11.3. The molecular formula is C32H27ClF3N3O6. The number of nitrogens with zero attached hydrogens (tertiary/aromatic N) is 3. The van der Waals surface area contributed by atoms with E-state index >= 15 is 0 Å². The van der Waals surface area contributed by atoms with Crippen LogP contribution in [0.15, 0.2) is 70.8 Å². The van der Waals surface area contributed by atoms with Gasteiger partial charge in [0.2, 0.25) is 0 Å². The monoisotopic (exact) mass is 641 g/mol. The zero-order valence-electron chi connectivity index (χ0n) is 24.1. The van der Waals surface area contributed by atoms with Gasteiger partial charge in [-0.3, -0.25) is 24.2 Å². The van der Waals surface area contributed by atoms with Crippen molar-refractivity contribution >= 4 is 40.8 Å². The molecule has 1 aromatic carbocycles. The summed E-state index contributed by atoms with van der Waals surface area (Å²) in [6.07, 6.45) is -1.54. The third-order valence-corrected chi connectivity index (χ3v) is 9.14. The first-order valence-electron chi connectivity index (χ1n) is 14.2. The number of hydrogen-bond acceptors (Lipinski definition) is 8. The van der Waals surface area contributed by atoms with E-state index in [0.717, 1.165) is 16.1 Å². The second-order valence-electron chi connectivity index (χ2n) is 11.4. The fraction of sp³-hybridized carbons (Fsp3) is 0.344. The van der Waals surface area contributed by atoms with Crippen LogP contribution < -0.4 is 9.75 Å². The van der Waals surface area contributed by atoms with Crippen molar-refractivity contribution in [2.75, 3.05) is 25.3 Å². The van der Waals surface area contributed by atoms with Crippen LogP contribution in [0.4, 0.5) is 19.0 Å². The van der Waals surface area contributed by atoms with Crippen LogP contribution in [0.1, 0.15) is 36.9 Å². The molecule has 2 aromatic rings. The number of anilines is 1. The number of hydrogen-bond donors (Lipinski definition) is 1. The molecule has 1 N–H and O–H groups in total. The predicted octanol–water partition coefficient (Wildman–Crippen LogP) is 4.61. The van der Waals surface area contributed by atoms with Gasteiger partial charge in [0, 0.05) is 35.2 Å². The number of carbonyl (C=O) groups excluding carboxylic acids is 4. The molecule has 0 radical (unpaired) electrons. The van der Waals surface area contributed by atoms with E-state index in [-0.39, 0.29) is 59.4 Å². The van der Waals surface area contributed by atoms with E-state index in [1.54, 1.807) is 31.2 Å². The number of aromatic nitrogens is 1. The van der Waals surface area contributed by atoms with Crippen LogP contribution in [0, 0.1) is 17.8 Å². The highest BCUT2D eigenvalue weighted by Crippen LogP contribution is 2.56. The summed E-state index contributed by atoms with van der Waals surface area (Å²) in [6.45, 7) is 1.26. The number of benzene rings is 1. The molecule has 4 unspecified atom stereocenters. The summed E-state index contributed by atoms with van der Waals surface area (Å²) < 4.78 is 46.2. The third kappa shape index (κ3) is 4.96. The van der Waals surface area contributed by atoms with Crippen LogP contribution in [0.2, 0.25) is 5.02 Å². The van der Waals surface area contributed by atoms with Crippen LogP contribution in [0.5, 0.6) is 5.75 Å². The number of halogens is 4. The van der Waals surface area contributed by atoms with Gasteiger partial charge in [0.25, 0.3) is 11.8 Å². The number of carbonyl (C=O) groups is 4. The number of rotatable bonds is 6. The summed E-state index contributed by atoms with van der Waals surface area (Å²) >= 11 is 6.20. The fourth-order valence-corrected chi connectivity index (χ4v) is 7.16. The number of fused-ring (bicyclic) bond motifs is 3. The number of ketones is 2. The maximum Gasteiger partial charge on any atom is 0.433 e. The Hall–Kier alpha value is -4.29. The highest BCUT2D eigenvalue weighted by Gasteiger charge is 2.58. The van der Waals surface area contributed by atoms with E-state index in [1.807, 2.05) is 6.08 Å². The minimum Gasteiger partial charge on any atom is -0.491 e. The summed E-state index contributed by atoms with van der Waals surface area (Å²) in [5, 5.41) is 10.9. The second-order valence-corrected chi connectivity index (χ2v) is 11.8. The van der Waals surface area contributed by atoms with Crippen LogP contribution >= 0.6 is 11.6 Å². The van der Waals surface area contributed by atoms with Gasteiger partial charge in [-0.05, 0) is 50.0 Å². The maximum atomic E-state index is 14.1. The van der Waals surface area contributed by atoms with Gasteiger partial charge in [-0.2, -0.15) is 18.2 Å². The molecule has 2 heterocycles. The summed E-state index contributed by atoms with van der Waals surface area (Å²) in [5.74, 6) is -5.31. The Labute approximate surface area is 260 Å². The highest BCUT2D eigenvalue weighted by molar-refractivity contribution is 6.33. The van der Waals surface area contributed by atoms with Crippen molar-refractivity contribution < 1.29 is 42.2 Å². The number of aliphatic hydroxyl groups is 1. The topological polar surface area (TPSA) is 117 Å². The predicted molar refractivity (Wildman–Crippen MR) is 155 cm³/mol. The largest absolute Gasteiger partial charge is 0.491 e. The Kier molecular flexibility index (Phi) is 7.68. The molecule has 2 amide bonds. The molecular weight excluding hydrogens is 615 g/mol. The number of amides is 2. The number of hydrazine groups is 1. The van der Waals surface area contributed by atoms with Gasteiger partial charge in [0.15, 0.2) is 17.4 Å². The SMILES string of the molecule is CC1=CC(=O)C2=C(CC3C(=CCC4C(=O)N(N(C)c5nc(C(F)(F)F)ccc5Cl)C(=O)C43)C2c2ccccc2OCCO)C1=O. The van der Waals surface area contributed by atoms with Gasteiger partial charge in [-0.25, -0.2) is 4.98 Å². The van der Waals surface area contributed by atoms with Crippen molar-refractivity contribution in [3.63, 3.8) is 0 Å². The molecule has 0 bridgehead atoms. The lowest BCUT2D eigenvalue weighted by Crippen LogP contribution is -2.46. The minimum atomic E-state index is -4.79. The molecule has 13 heteroatoms. The van der Waals surface area contributed by atoms with Crippen LogP contribution in [-0.4, -0.2) is 58.7 Å². The number of pyridine rings is 1. The van der Waals surface area contributed by atoms with E-state index in [2.05, 4.69) is 4.98 Å². The van der Waals surface area contributed by atoms with Crippen molar-refractivity contribution in [1.82, 2.24) is 9.99 Å². The van der Waals surface area contributed by atoms with Crippen LogP contribution in [0.25, 0.3) is 0 Å². The number of alkyl halides is 3. The molecule has 1 saturated heterocycles. The molecule has 1 fully saturated rings. The number of imide groups is 1. The number of aliphatic hydroxyl groups excluding tert-OH is 1. The maximum absolute atomic E-state index is 14.1. The van der Waals surface area contributed by atoms with Crippen LogP contribution in [0.3, 0.4) is 0 Å². The zero-order chi connectivity index (χ0) is 32.4. The normalized spacial score (nSPS) is 24.6. The average Bonchev–Trinajstić information content (AvgIpc) is 3.26. The van der Waals surface area contributed by atoms with E-state index in [4.69, 9.17) is 16.3 Å². The number of allylic oxidation sites excluding steroid dienone is 6. The number of Topliss-reactive ketones (excluding diaryl/α,β-unsaturated/α-hetero) is 1. The Bertz CT molecular complexity index is 1750. The zero-order valence-corrected chi connectivity index (χ0v) is 24.9. The van der Waals surface area contributed by atoms with Crippen molar-refractivity contribution in [3.8, 4) is 5.75 Å². The summed E-state index contributed by atoms with van der Waals surface area (Å²) in [5.41, 5.74) is 0.770. The first kappa shape index (κ1) is 30.7. The Morgan fingerprint density at radius 3 is 2.53 bits per heavy atom. The quantitative estimate of drug-likeness (QED) is 0.276. The highest BCUT2D eigenvalue weighted by atomic mass is 35.5. The van der Waals surface area contributed by atoms with Crippen LogP contribution in [-0.2, 0) is 25.4 Å². The lowest BCUT2D eigenvalue weighted by molar-refractivity contribution is -0.141. The van der Waals surface area contributed by atoms with Gasteiger partial charge in [-0.1, -0.05) is 41.4 Å². The fourth-order valence-electron chi connectivity index (χ4n) is 6.93. The van der Waals surface area contributed by atoms with Gasteiger partial charge >= 0.3 is 6.18 Å². The minimum absolute atomic E-state index is 0.0187. The van der Waals surface area contributed by atoms with Crippen molar-refractivity contribution in [2.24, 2.45) is 17.8 Å². The molecule has 4 aliphatic rings. The third-order valence-electron chi connectivity index (χ3n) is 8.84. The lowest BCUT2D eigenvalue weighted by atomic mass is 9.59. The molecule has 9 nitrogen and oxygen atoms in total. The van der Waals surface area contributed by atoms with E-state index in [1.165, 1.54) is 13.1 Å². The van der Waals surface area contributed by atoms with Gasteiger partial charge < -0.3 is 9.84 Å². The van der Waals surface area contributed by atoms with Crippen molar-refractivity contribution in [1.29, 1.82) is 0 Å². The van der Waals surface area contributed by atoms with Gasteiger partial charge in [0.05, 0.1) is 23.5 Å².